The molecule has 0 saturated carbocycles. The number of carbonyl (C=O) groups is 1. The van der Waals surface area contributed by atoms with Crippen LogP contribution in [0, 0.1) is 5.92 Å². The zero-order chi connectivity index (χ0) is 10.4. The number of nitrogens with two attached hydrogens (primary N) is 2. The number of carboxylic acids is 1. The van der Waals surface area contributed by atoms with Crippen LogP contribution in [0.3, 0.4) is 0 Å². The molecule has 1 atom stereocenters. The van der Waals surface area contributed by atoms with Crippen molar-refractivity contribution in [2.24, 2.45) is 22.4 Å². The minimum atomic E-state index is -0.879. The Morgan fingerprint density at radius 3 is 2.31 bits per heavy atom. The Labute approximate surface area is 77.8 Å². The third kappa shape index (κ3) is 7.11. The number of carboxylic acid groups (broad SMARTS) is 1. The predicted octanol–water partition coefficient (Wildman–Crippen LogP) is 0.149. The lowest BCUT2D eigenvalue weighted by atomic mass is 10.0. The van der Waals surface area contributed by atoms with E-state index in [0.29, 0.717) is 12.3 Å². The van der Waals surface area contributed by atoms with E-state index < -0.39 is 5.97 Å². The molecule has 0 bridgehead atoms. The summed E-state index contributed by atoms with van der Waals surface area (Å²) in [6, 6.07) is -0.303. The molecule has 0 amide bonds. The molecular formula is C8H17N3O2. The summed E-state index contributed by atoms with van der Waals surface area (Å²) in [6.07, 6.45) is 0.667. The van der Waals surface area contributed by atoms with Crippen molar-refractivity contribution in [3.63, 3.8) is 0 Å². The van der Waals surface area contributed by atoms with E-state index in [1.165, 1.54) is 0 Å². The number of guanidine groups is 1. The fourth-order valence-electron chi connectivity index (χ4n) is 1.14. The first-order valence-electron chi connectivity index (χ1n) is 4.22. The highest BCUT2D eigenvalue weighted by Gasteiger charge is 2.13. The van der Waals surface area contributed by atoms with Crippen molar-refractivity contribution < 1.29 is 9.90 Å². The number of aliphatic imine (C=N–C) groups is 1. The van der Waals surface area contributed by atoms with Gasteiger partial charge >= 0.3 is 5.97 Å². The lowest BCUT2D eigenvalue weighted by Crippen LogP contribution is -2.27. The van der Waals surface area contributed by atoms with E-state index >= 15 is 0 Å². The monoisotopic (exact) mass is 187 g/mol. The average molecular weight is 187 g/mol. The molecule has 1 unspecified atom stereocenters. The molecule has 0 saturated heterocycles. The quantitative estimate of drug-likeness (QED) is 0.421. The summed E-state index contributed by atoms with van der Waals surface area (Å²) >= 11 is 0. The number of aliphatic carboxylic acids is 1. The van der Waals surface area contributed by atoms with Gasteiger partial charge in [0.25, 0.3) is 0 Å². The van der Waals surface area contributed by atoms with Crippen LogP contribution in [0.4, 0.5) is 0 Å². The van der Waals surface area contributed by atoms with Crippen molar-refractivity contribution in [1.29, 1.82) is 0 Å². The molecule has 0 fully saturated rings. The number of hydrogen-bond acceptors (Lipinski definition) is 2. The molecule has 5 N–H and O–H groups in total. The van der Waals surface area contributed by atoms with Gasteiger partial charge in [-0.2, -0.15) is 0 Å². The van der Waals surface area contributed by atoms with Crippen LogP contribution in [0.1, 0.15) is 26.7 Å². The molecule has 5 nitrogen and oxygen atoms in total. The standard InChI is InChI=1S/C8H17N3O2/c1-5(2)3-6(4-7(12)13)11-8(9)10/h5-6H,3-4H2,1-2H3,(H,12,13)(H4,9,10,11). The first-order valence-corrected chi connectivity index (χ1v) is 4.22. The van der Waals surface area contributed by atoms with Gasteiger partial charge < -0.3 is 16.6 Å². The van der Waals surface area contributed by atoms with Crippen LogP contribution < -0.4 is 11.5 Å². The van der Waals surface area contributed by atoms with Crippen molar-refractivity contribution in [3.8, 4) is 0 Å². The highest BCUT2D eigenvalue weighted by molar-refractivity contribution is 5.76. The maximum Gasteiger partial charge on any atom is 0.305 e. The van der Waals surface area contributed by atoms with Crippen LogP contribution in [-0.2, 0) is 4.79 Å². The van der Waals surface area contributed by atoms with E-state index in [-0.39, 0.29) is 18.4 Å². The molecule has 0 radical (unpaired) electrons. The van der Waals surface area contributed by atoms with Crippen molar-refractivity contribution in [2.75, 3.05) is 0 Å². The molecule has 0 aliphatic rings. The minimum Gasteiger partial charge on any atom is -0.481 e. The Bertz CT molecular complexity index is 198. The van der Waals surface area contributed by atoms with E-state index in [1.807, 2.05) is 13.8 Å². The fourth-order valence-corrected chi connectivity index (χ4v) is 1.14. The normalized spacial score (nSPS) is 12.5. The molecule has 76 valence electrons. The van der Waals surface area contributed by atoms with Crippen molar-refractivity contribution in [3.05, 3.63) is 0 Å². The van der Waals surface area contributed by atoms with Crippen LogP contribution in [-0.4, -0.2) is 23.1 Å². The van der Waals surface area contributed by atoms with Crippen LogP contribution in [0.5, 0.6) is 0 Å². The Morgan fingerprint density at radius 1 is 1.46 bits per heavy atom. The van der Waals surface area contributed by atoms with Crippen molar-refractivity contribution in [1.82, 2.24) is 0 Å². The fraction of sp³-hybridized carbons (Fsp3) is 0.750. The van der Waals surface area contributed by atoms with Crippen LogP contribution >= 0.6 is 0 Å². The maximum absolute atomic E-state index is 10.4. The molecule has 0 aromatic heterocycles. The van der Waals surface area contributed by atoms with E-state index in [0.717, 1.165) is 0 Å². The Morgan fingerprint density at radius 2 is 2.00 bits per heavy atom. The Hall–Kier alpha value is -1.26. The summed E-state index contributed by atoms with van der Waals surface area (Å²) in [5.74, 6) is -0.546. The summed E-state index contributed by atoms with van der Waals surface area (Å²) in [5, 5.41) is 8.56. The molecular weight excluding hydrogens is 170 g/mol. The van der Waals surface area contributed by atoms with Gasteiger partial charge in [0.1, 0.15) is 0 Å². The van der Waals surface area contributed by atoms with Gasteiger partial charge in [0.15, 0.2) is 5.96 Å². The molecule has 0 aliphatic heterocycles. The number of hydrogen-bond donors (Lipinski definition) is 3. The van der Waals surface area contributed by atoms with E-state index in [1.54, 1.807) is 0 Å². The van der Waals surface area contributed by atoms with Crippen LogP contribution in [0.15, 0.2) is 4.99 Å². The second-order valence-corrected chi connectivity index (χ2v) is 3.44. The highest BCUT2D eigenvalue weighted by Crippen LogP contribution is 2.11. The smallest absolute Gasteiger partial charge is 0.305 e. The lowest BCUT2D eigenvalue weighted by Gasteiger charge is -2.12. The van der Waals surface area contributed by atoms with Gasteiger partial charge in [-0.15, -0.1) is 0 Å². The number of nitrogens with zero attached hydrogens (tertiary/aromatic N) is 1. The van der Waals surface area contributed by atoms with E-state index in [2.05, 4.69) is 4.99 Å². The van der Waals surface area contributed by atoms with Crippen LogP contribution in [0.25, 0.3) is 0 Å². The molecule has 13 heavy (non-hydrogen) atoms. The highest BCUT2D eigenvalue weighted by atomic mass is 16.4. The molecule has 0 aliphatic carbocycles. The second kappa shape index (κ2) is 5.40. The molecule has 0 aromatic carbocycles. The summed E-state index contributed by atoms with van der Waals surface area (Å²) in [5.41, 5.74) is 10.4. The van der Waals surface area contributed by atoms with Crippen molar-refractivity contribution >= 4 is 11.9 Å². The van der Waals surface area contributed by atoms with Gasteiger partial charge in [-0.1, -0.05) is 13.8 Å². The molecule has 0 rings (SSSR count). The van der Waals surface area contributed by atoms with Gasteiger partial charge in [0.05, 0.1) is 12.5 Å². The van der Waals surface area contributed by atoms with Gasteiger partial charge in [-0.3, -0.25) is 4.79 Å². The largest absolute Gasteiger partial charge is 0.481 e. The van der Waals surface area contributed by atoms with E-state index in [9.17, 15) is 4.79 Å². The van der Waals surface area contributed by atoms with Gasteiger partial charge in [-0.05, 0) is 12.3 Å². The molecule has 0 aromatic rings. The van der Waals surface area contributed by atoms with Crippen molar-refractivity contribution in [2.45, 2.75) is 32.7 Å². The Balaban J connectivity index is 4.19. The Kier molecular flexibility index (Phi) is 4.87. The maximum atomic E-state index is 10.4. The minimum absolute atomic E-state index is 0.0178. The van der Waals surface area contributed by atoms with Crippen LogP contribution in [0.2, 0.25) is 0 Å². The lowest BCUT2D eigenvalue weighted by molar-refractivity contribution is -0.137. The summed E-state index contributed by atoms with van der Waals surface area (Å²) in [6.45, 7) is 3.99. The SMILES string of the molecule is CC(C)CC(CC(=O)O)N=C(N)N. The van der Waals surface area contributed by atoms with Gasteiger partial charge in [0.2, 0.25) is 0 Å². The average Bonchev–Trinajstić information content (AvgIpc) is 1.80. The first kappa shape index (κ1) is 11.7. The third-order valence-electron chi connectivity index (χ3n) is 1.49. The van der Waals surface area contributed by atoms with Gasteiger partial charge in [0, 0.05) is 0 Å². The summed E-state index contributed by atoms with van der Waals surface area (Å²) in [4.78, 5) is 14.3. The zero-order valence-corrected chi connectivity index (χ0v) is 8.03. The molecule has 0 spiro atoms. The predicted molar refractivity (Wildman–Crippen MR) is 51.3 cm³/mol. The van der Waals surface area contributed by atoms with E-state index in [4.69, 9.17) is 16.6 Å². The third-order valence-corrected chi connectivity index (χ3v) is 1.49. The van der Waals surface area contributed by atoms with Gasteiger partial charge in [-0.25, -0.2) is 4.99 Å². The molecule has 5 heteroatoms. The number of rotatable bonds is 5. The summed E-state index contributed by atoms with van der Waals surface area (Å²) < 4.78 is 0. The topological polar surface area (TPSA) is 102 Å². The molecule has 0 heterocycles. The second-order valence-electron chi connectivity index (χ2n) is 3.44. The zero-order valence-electron chi connectivity index (χ0n) is 8.03. The first-order chi connectivity index (χ1) is 5.91. The summed E-state index contributed by atoms with van der Waals surface area (Å²) in [7, 11) is 0.